The van der Waals surface area contributed by atoms with Gasteiger partial charge in [-0.15, -0.1) is 0 Å². The Balaban J connectivity index is 2.87. The molecule has 0 saturated heterocycles. The summed E-state index contributed by atoms with van der Waals surface area (Å²) in [6.45, 7) is 3.90. The molecule has 13 heavy (non-hydrogen) atoms. The highest BCUT2D eigenvalue weighted by atomic mass is 127. The average Bonchev–Trinajstić information content (AvgIpc) is 2.11. The van der Waals surface area contributed by atoms with E-state index >= 15 is 0 Å². The molecule has 1 rings (SSSR count). The Hall–Kier alpha value is -0.100. The smallest absolute Gasteiger partial charge is 0.116 e. The first-order valence-electron chi connectivity index (χ1n) is 4.04. The second-order valence-electron chi connectivity index (χ2n) is 2.70. The van der Waals surface area contributed by atoms with Crippen LogP contribution in [0.25, 0.3) is 0 Å². The third-order valence-electron chi connectivity index (χ3n) is 1.69. The van der Waals surface area contributed by atoms with E-state index in [1.807, 2.05) is 32.0 Å². The topological polar surface area (TPSA) is 29.1 Å². The van der Waals surface area contributed by atoms with Gasteiger partial charge in [0.2, 0.25) is 0 Å². The summed E-state index contributed by atoms with van der Waals surface area (Å²) in [4.78, 5) is 0. The molecule has 0 fully saturated rings. The number of halogens is 1. The molecular weight excluding hydrogens is 297 g/mol. The van der Waals surface area contributed by atoms with Crippen LogP contribution in [0.15, 0.2) is 18.2 Å². The molecule has 1 aromatic carbocycles. The van der Waals surface area contributed by atoms with Gasteiger partial charge in [-0.2, -0.15) is 0 Å². The van der Waals surface area contributed by atoms with Crippen molar-refractivity contribution in [3.05, 3.63) is 27.3 Å². The van der Waals surface area contributed by atoms with Crippen molar-refractivity contribution in [2.24, 2.45) is 0 Å². The van der Waals surface area contributed by atoms with Crippen molar-refractivity contribution in [1.82, 2.24) is 0 Å². The maximum Gasteiger partial charge on any atom is 0.116 e. The Kier molecular flexibility index (Phi) is 4.18. The summed E-state index contributed by atoms with van der Waals surface area (Å²) in [5, 5.41) is 0. The molecule has 0 heterocycles. The highest BCUT2D eigenvalue weighted by molar-refractivity contribution is 14.1. The second-order valence-corrected chi connectivity index (χ2v) is 5.41. The van der Waals surface area contributed by atoms with Gasteiger partial charge in [-0.3, -0.25) is 0 Å². The minimum Gasteiger partial charge on any atom is -0.305 e. The Morgan fingerprint density at radius 1 is 1.54 bits per heavy atom. The van der Waals surface area contributed by atoms with E-state index in [0.717, 1.165) is 14.8 Å². The number of rotatable bonds is 3. The molecule has 0 aromatic heterocycles. The fourth-order valence-electron chi connectivity index (χ4n) is 0.899. The fraction of sp³-hybridized carbons (Fsp3) is 0.333. The first-order valence-corrected chi connectivity index (χ1v) is 6.44. The number of hydrogen-bond donors (Lipinski definition) is 1. The molecule has 0 aliphatic heterocycles. The lowest BCUT2D eigenvalue weighted by atomic mass is 10.2. The molecule has 0 spiro atoms. The average molecular weight is 309 g/mol. The van der Waals surface area contributed by atoms with Gasteiger partial charge in [0, 0.05) is 9.32 Å². The van der Waals surface area contributed by atoms with Crippen molar-refractivity contribution in [3.8, 4) is 0 Å². The Morgan fingerprint density at radius 2 is 2.23 bits per heavy atom. The Labute approximate surface area is 94.8 Å². The van der Waals surface area contributed by atoms with E-state index in [9.17, 15) is 4.21 Å². The van der Waals surface area contributed by atoms with Crippen LogP contribution in [0, 0.1) is 10.5 Å². The largest absolute Gasteiger partial charge is 0.305 e. The van der Waals surface area contributed by atoms with E-state index in [0.29, 0.717) is 5.75 Å². The van der Waals surface area contributed by atoms with Gasteiger partial charge in [0.1, 0.15) is 11.0 Å². The van der Waals surface area contributed by atoms with Crippen molar-refractivity contribution in [3.63, 3.8) is 0 Å². The molecule has 4 heteroatoms. The van der Waals surface area contributed by atoms with E-state index in [2.05, 4.69) is 27.3 Å². The van der Waals surface area contributed by atoms with E-state index in [1.54, 1.807) is 0 Å². The molecule has 0 amide bonds. The summed E-state index contributed by atoms with van der Waals surface area (Å²) >= 11 is 2.24. The van der Waals surface area contributed by atoms with E-state index in [1.165, 1.54) is 0 Å². The summed E-state index contributed by atoms with van der Waals surface area (Å²) in [7, 11) is -0.950. The maximum absolute atomic E-state index is 11.2. The van der Waals surface area contributed by atoms with Crippen molar-refractivity contribution >= 4 is 39.3 Å². The monoisotopic (exact) mass is 309 g/mol. The zero-order valence-corrected chi connectivity index (χ0v) is 10.6. The molecule has 2 nitrogen and oxygen atoms in total. The molecule has 0 saturated carbocycles. The maximum atomic E-state index is 11.2. The predicted molar refractivity (Wildman–Crippen MR) is 66.2 cm³/mol. The number of hydrogen-bond acceptors (Lipinski definition) is 1. The van der Waals surface area contributed by atoms with Gasteiger partial charge in [-0.25, -0.2) is 4.21 Å². The summed E-state index contributed by atoms with van der Waals surface area (Å²) in [5.74, 6) is 0.630. The minimum atomic E-state index is -0.950. The lowest BCUT2D eigenvalue weighted by molar-refractivity contribution is 0.687. The number of benzene rings is 1. The first-order chi connectivity index (χ1) is 6.13. The van der Waals surface area contributed by atoms with Crippen LogP contribution >= 0.6 is 22.6 Å². The normalized spacial score (nSPS) is 12.5. The highest BCUT2D eigenvalue weighted by Crippen LogP contribution is 2.18. The summed E-state index contributed by atoms with van der Waals surface area (Å²) in [5.41, 5.74) is 2.09. The van der Waals surface area contributed by atoms with Crippen LogP contribution in [0.1, 0.15) is 12.5 Å². The fourth-order valence-corrected chi connectivity index (χ4v) is 2.00. The first kappa shape index (κ1) is 11.0. The van der Waals surface area contributed by atoms with Gasteiger partial charge in [-0.1, -0.05) is 13.0 Å². The summed E-state index contributed by atoms with van der Waals surface area (Å²) in [6, 6.07) is 6.07. The molecule has 1 N–H and O–H groups in total. The molecule has 0 radical (unpaired) electrons. The number of nitrogens with one attached hydrogen (secondary N) is 1. The number of aryl methyl sites for hydroxylation is 1. The van der Waals surface area contributed by atoms with Crippen molar-refractivity contribution < 1.29 is 4.21 Å². The SMILES string of the molecule is CCS(=O)Nc1cc(I)ccc1C. The molecule has 1 aromatic rings. The second kappa shape index (κ2) is 4.95. The van der Waals surface area contributed by atoms with Crippen molar-refractivity contribution in [1.29, 1.82) is 0 Å². The van der Waals surface area contributed by atoms with Crippen molar-refractivity contribution in [2.75, 3.05) is 10.5 Å². The lowest BCUT2D eigenvalue weighted by Gasteiger charge is -2.07. The molecule has 0 aliphatic carbocycles. The summed E-state index contributed by atoms with van der Waals surface area (Å²) in [6.07, 6.45) is 0. The van der Waals surface area contributed by atoms with Crippen LogP contribution in [0.2, 0.25) is 0 Å². The van der Waals surface area contributed by atoms with Gasteiger partial charge in [-0.05, 0) is 47.2 Å². The molecule has 0 bridgehead atoms. The van der Waals surface area contributed by atoms with Crippen molar-refractivity contribution in [2.45, 2.75) is 13.8 Å². The van der Waals surface area contributed by atoms with Crippen LogP contribution in [0.5, 0.6) is 0 Å². The predicted octanol–water partition coefficient (Wildman–Crippen LogP) is 2.70. The highest BCUT2D eigenvalue weighted by Gasteiger charge is 2.01. The third-order valence-corrected chi connectivity index (χ3v) is 3.33. The van der Waals surface area contributed by atoms with Gasteiger partial charge in [0.25, 0.3) is 0 Å². The van der Waals surface area contributed by atoms with Crippen LogP contribution in [0.4, 0.5) is 5.69 Å². The van der Waals surface area contributed by atoms with Crippen LogP contribution < -0.4 is 4.72 Å². The van der Waals surface area contributed by atoms with E-state index < -0.39 is 11.0 Å². The molecule has 0 aliphatic rings. The lowest BCUT2D eigenvalue weighted by Crippen LogP contribution is -2.07. The molecule has 72 valence electrons. The summed E-state index contributed by atoms with van der Waals surface area (Å²) < 4.78 is 15.4. The number of anilines is 1. The van der Waals surface area contributed by atoms with Crippen LogP contribution in [-0.2, 0) is 11.0 Å². The van der Waals surface area contributed by atoms with Gasteiger partial charge in [0.05, 0.1) is 5.69 Å². The molecule has 1 atom stereocenters. The van der Waals surface area contributed by atoms with E-state index in [-0.39, 0.29) is 0 Å². The van der Waals surface area contributed by atoms with Gasteiger partial charge < -0.3 is 4.72 Å². The van der Waals surface area contributed by atoms with Gasteiger partial charge in [0.15, 0.2) is 0 Å². The Bertz CT molecular complexity index is 327. The van der Waals surface area contributed by atoms with Crippen LogP contribution in [0.3, 0.4) is 0 Å². The minimum absolute atomic E-state index is 0.630. The molecular formula is C9H12INOS. The third kappa shape index (κ3) is 3.27. The van der Waals surface area contributed by atoms with Gasteiger partial charge >= 0.3 is 0 Å². The zero-order valence-electron chi connectivity index (χ0n) is 7.63. The Morgan fingerprint density at radius 3 is 2.85 bits per heavy atom. The molecule has 1 unspecified atom stereocenters. The quantitative estimate of drug-likeness (QED) is 0.855. The van der Waals surface area contributed by atoms with E-state index in [4.69, 9.17) is 0 Å². The standard InChI is InChI=1S/C9H12INOS/c1-3-13(12)11-9-6-8(10)5-4-7(9)2/h4-6,11H,3H2,1-2H3. The zero-order chi connectivity index (χ0) is 9.84. The van der Waals surface area contributed by atoms with Crippen LogP contribution in [-0.4, -0.2) is 9.96 Å².